The van der Waals surface area contributed by atoms with E-state index in [2.05, 4.69) is 28.2 Å². The molecule has 0 radical (unpaired) electrons. The van der Waals surface area contributed by atoms with Gasteiger partial charge in [0.2, 0.25) is 11.8 Å². The zero-order valence-electron chi connectivity index (χ0n) is 17.8. The summed E-state index contributed by atoms with van der Waals surface area (Å²) in [5, 5.41) is 3.03. The Bertz CT molecular complexity index is 1140. The monoisotopic (exact) mass is 532 g/mol. The fraction of sp³-hybridized carbons (Fsp3) is 0.333. The molecule has 0 spiro atoms. The van der Waals surface area contributed by atoms with Crippen LogP contribution in [0.25, 0.3) is 0 Å². The molecule has 2 aromatic carbocycles. The lowest BCUT2D eigenvalue weighted by molar-refractivity contribution is -0.122. The van der Waals surface area contributed by atoms with Crippen LogP contribution in [0.2, 0.25) is 5.02 Å². The van der Waals surface area contributed by atoms with Crippen LogP contribution in [-0.2, 0) is 19.1 Å². The summed E-state index contributed by atoms with van der Waals surface area (Å²) in [6.07, 6.45) is 2.33. The van der Waals surface area contributed by atoms with Crippen molar-refractivity contribution < 1.29 is 23.9 Å². The van der Waals surface area contributed by atoms with Crippen LogP contribution in [0.15, 0.2) is 46.9 Å². The van der Waals surface area contributed by atoms with Crippen LogP contribution < -0.4 is 10.2 Å². The largest absolute Gasteiger partial charge is 0.452 e. The van der Waals surface area contributed by atoms with Crippen LogP contribution in [0.4, 0.5) is 11.4 Å². The topological polar surface area (TPSA) is 92.8 Å². The first-order chi connectivity index (χ1) is 15.7. The number of rotatable bonds is 5. The summed E-state index contributed by atoms with van der Waals surface area (Å²) in [5.74, 6) is -1.87. The van der Waals surface area contributed by atoms with Crippen molar-refractivity contribution in [3.8, 4) is 0 Å². The molecule has 4 rings (SSSR count). The molecule has 7 nitrogen and oxygen atoms in total. The maximum atomic E-state index is 12.9. The number of hydrogen-bond acceptors (Lipinski definition) is 5. The van der Waals surface area contributed by atoms with Gasteiger partial charge in [-0.25, -0.2) is 4.79 Å². The predicted molar refractivity (Wildman–Crippen MR) is 127 cm³/mol. The van der Waals surface area contributed by atoms with Gasteiger partial charge in [-0.2, -0.15) is 0 Å². The van der Waals surface area contributed by atoms with Gasteiger partial charge in [0.25, 0.3) is 5.91 Å². The highest BCUT2D eigenvalue weighted by atomic mass is 79.9. The number of anilines is 2. The molecule has 3 atom stereocenters. The van der Waals surface area contributed by atoms with Crippen molar-refractivity contribution in [2.45, 2.75) is 26.2 Å². The summed E-state index contributed by atoms with van der Waals surface area (Å²) in [4.78, 5) is 51.7. The van der Waals surface area contributed by atoms with Gasteiger partial charge in [0.05, 0.1) is 28.1 Å². The van der Waals surface area contributed by atoms with Crippen LogP contribution in [0.3, 0.4) is 0 Å². The van der Waals surface area contributed by atoms with Crippen molar-refractivity contribution in [3.05, 3.63) is 57.5 Å². The van der Waals surface area contributed by atoms with Crippen LogP contribution >= 0.6 is 27.5 Å². The second kappa shape index (κ2) is 9.65. The summed E-state index contributed by atoms with van der Waals surface area (Å²) >= 11 is 9.28. The first-order valence-corrected chi connectivity index (χ1v) is 11.8. The van der Waals surface area contributed by atoms with Crippen molar-refractivity contribution in [2.24, 2.45) is 17.8 Å². The average molecular weight is 534 g/mol. The highest BCUT2D eigenvalue weighted by Crippen LogP contribution is 2.42. The SMILES string of the molecule is C[C@@H]1CC[C@@H]2C(=O)N(c3cccc(C(=O)OCC(=O)Nc4ccc(Br)c(Cl)c4)c3)C(=O)[C@H]2C1. The van der Waals surface area contributed by atoms with Crippen LogP contribution in [-0.4, -0.2) is 30.3 Å². The number of nitrogens with one attached hydrogen (secondary N) is 1. The summed E-state index contributed by atoms with van der Waals surface area (Å²) in [7, 11) is 0. The number of hydrogen-bond donors (Lipinski definition) is 1. The molecule has 2 aromatic rings. The number of halogens is 2. The molecule has 2 fully saturated rings. The second-order valence-electron chi connectivity index (χ2n) is 8.45. The number of nitrogens with zero attached hydrogens (tertiary/aromatic N) is 1. The molecule has 0 bridgehead atoms. The fourth-order valence-electron chi connectivity index (χ4n) is 4.40. The van der Waals surface area contributed by atoms with Gasteiger partial charge in [0.15, 0.2) is 6.61 Å². The Kier molecular flexibility index (Phi) is 6.86. The van der Waals surface area contributed by atoms with Gasteiger partial charge in [-0.1, -0.05) is 24.6 Å². The Morgan fingerprint density at radius 2 is 1.88 bits per heavy atom. The minimum atomic E-state index is -0.731. The van der Waals surface area contributed by atoms with Crippen LogP contribution in [0.5, 0.6) is 0 Å². The van der Waals surface area contributed by atoms with E-state index in [1.807, 2.05) is 0 Å². The van der Waals surface area contributed by atoms with E-state index in [1.165, 1.54) is 17.0 Å². The van der Waals surface area contributed by atoms with Gasteiger partial charge in [-0.05, 0) is 77.5 Å². The lowest BCUT2D eigenvalue weighted by Gasteiger charge is -2.25. The molecule has 1 saturated carbocycles. The molecule has 172 valence electrons. The van der Waals surface area contributed by atoms with E-state index in [4.69, 9.17) is 16.3 Å². The first-order valence-electron chi connectivity index (χ1n) is 10.6. The third-order valence-corrected chi connectivity index (χ3v) is 7.30. The van der Waals surface area contributed by atoms with Gasteiger partial charge in [-0.3, -0.25) is 19.3 Å². The number of ether oxygens (including phenoxy) is 1. The predicted octanol–water partition coefficient (Wildman–Crippen LogP) is 4.82. The van der Waals surface area contributed by atoms with Crippen molar-refractivity contribution in [2.75, 3.05) is 16.8 Å². The van der Waals surface area contributed by atoms with E-state index >= 15 is 0 Å². The lowest BCUT2D eigenvalue weighted by Crippen LogP contribution is -2.31. The number of imide groups is 1. The number of amides is 3. The molecule has 1 saturated heterocycles. The van der Waals surface area contributed by atoms with E-state index in [0.717, 1.165) is 6.42 Å². The smallest absolute Gasteiger partial charge is 0.338 e. The molecule has 33 heavy (non-hydrogen) atoms. The van der Waals surface area contributed by atoms with E-state index in [-0.39, 0.29) is 29.2 Å². The maximum Gasteiger partial charge on any atom is 0.338 e. The first kappa shape index (κ1) is 23.4. The van der Waals surface area contributed by atoms with E-state index in [9.17, 15) is 19.2 Å². The Balaban J connectivity index is 1.40. The zero-order chi connectivity index (χ0) is 23.7. The summed E-state index contributed by atoms with van der Waals surface area (Å²) in [6, 6.07) is 11.1. The Hall–Kier alpha value is -2.71. The highest BCUT2D eigenvalue weighted by Gasteiger charge is 2.50. The van der Waals surface area contributed by atoms with Crippen molar-refractivity contribution in [1.29, 1.82) is 0 Å². The zero-order valence-corrected chi connectivity index (χ0v) is 20.2. The molecular weight excluding hydrogens is 512 g/mol. The molecular formula is C24H22BrClN2O5. The molecule has 1 N–H and O–H groups in total. The van der Waals surface area contributed by atoms with Crippen molar-refractivity contribution in [1.82, 2.24) is 0 Å². The Morgan fingerprint density at radius 3 is 2.64 bits per heavy atom. The summed E-state index contributed by atoms with van der Waals surface area (Å²) in [6.45, 7) is 1.59. The minimum absolute atomic E-state index is 0.149. The van der Waals surface area contributed by atoms with Gasteiger partial charge < -0.3 is 10.1 Å². The van der Waals surface area contributed by atoms with E-state index in [1.54, 1.807) is 30.3 Å². The van der Waals surface area contributed by atoms with Crippen LogP contribution in [0, 0.1) is 17.8 Å². The molecule has 1 aliphatic carbocycles. The van der Waals surface area contributed by atoms with Gasteiger partial charge in [-0.15, -0.1) is 0 Å². The molecule has 9 heteroatoms. The number of carbonyl (C=O) groups excluding carboxylic acids is 4. The third kappa shape index (κ3) is 4.96. The standard InChI is InChI=1S/C24H22BrClN2O5/c1-13-5-7-17-18(9-13)23(31)28(22(17)30)16-4-2-3-14(10-16)24(32)33-12-21(29)27-15-6-8-19(25)20(26)11-15/h2-4,6,8,10-11,13,17-18H,5,7,9,12H2,1H3,(H,27,29)/t13-,17+,18+/m1/s1. The molecule has 0 aromatic heterocycles. The highest BCUT2D eigenvalue weighted by molar-refractivity contribution is 9.10. The van der Waals surface area contributed by atoms with E-state index < -0.39 is 18.5 Å². The number of esters is 1. The second-order valence-corrected chi connectivity index (χ2v) is 9.71. The van der Waals surface area contributed by atoms with Gasteiger partial charge >= 0.3 is 5.97 Å². The quantitative estimate of drug-likeness (QED) is 0.439. The van der Waals surface area contributed by atoms with Gasteiger partial charge in [0.1, 0.15) is 0 Å². The summed E-state index contributed by atoms with van der Waals surface area (Å²) in [5.41, 5.74) is 0.958. The van der Waals surface area contributed by atoms with E-state index in [0.29, 0.717) is 39.6 Å². The fourth-order valence-corrected chi connectivity index (χ4v) is 4.83. The molecule has 0 unspecified atom stereocenters. The summed E-state index contributed by atoms with van der Waals surface area (Å²) < 4.78 is 5.81. The molecule has 1 heterocycles. The number of benzene rings is 2. The Morgan fingerprint density at radius 1 is 1.12 bits per heavy atom. The minimum Gasteiger partial charge on any atom is -0.452 e. The van der Waals surface area contributed by atoms with Gasteiger partial charge in [0, 0.05) is 10.2 Å². The Labute approximate surface area is 204 Å². The average Bonchev–Trinajstić information content (AvgIpc) is 3.04. The van der Waals surface area contributed by atoms with Crippen LogP contribution in [0.1, 0.15) is 36.5 Å². The number of carbonyl (C=O) groups is 4. The lowest BCUT2D eigenvalue weighted by atomic mass is 9.76. The number of fused-ring (bicyclic) bond motifs is 1. The molecule has 2 aliphatic rings. The maximum absolute atomic E-state index is 12.9. The molecule has 1 aliphatic heterocycles. The third-order valence-electron chi connectivity index (χ3n) is 6.07. The van der Waals surface area contributed by atoms with Crippen molar-refractivity contribution >= 4 is 62.6 Å². The molecule has 3 amide bonds. The van der Waals surface area contributed by atoms with Crippen molar-refractivity contribution in [3.63, 3.8) is 0 Å². The normalized spacial score (nSPS) is 22.2.